The van der Waals surface area contributed by atoms with Crippen LogP contribution in [0.15, 0.2) is 34.7 Å². The molecule has 0 saturated heterocycles. The van der Waals surface area contributed by atoms with Gasteiger partial charge in [0.05, 0.1) is 11.6 Å². The monoisotopic (exact) mass is 412 g/mol. The number of ether oxygens (including phenoxy) is 1. The number of carbonyl (C=O) groups is 3. The molecule has 144 valence electrons. The first-order chi connectivity index (χ1) is 12.9. The molecule has 0 spiro atoms. The maximum absolute atomic E-state index is 12.0. The van der Waals surface area contributed by atoms with E-state index in [1.54, 1.807) is 24.3 Å². The Morgan fingerprint density at radius 1 is 1.07 bits per heavy atom. The highest BCUT2D eigenvalue weighted by Crippen LogP contribution is 2.31. The van der Waals surface area contributed by atoms with Gasteiger partial charge in [0.2, 0.25) is 11.7 Å². The molecule has 0 bridgehead atoms. The van der Waals surface area contributed by atoms with Crippen molar-refractivity contribution in [2.75, 3.05) is 19.7 Å². The number of hydrogen-bond donors (Lipinski definition) is 2. The molecule has 0 aliphatic heterocycles. The van der Waals surface area contributed by atoms with Gasteiger partial charge in [0.15, 0.2) is 6.61 Å². The molecule has 1 aromatic carbocycles. The Labute approximate surface area is 166 Å². The molecule has 1 heterocycles. The van der Waals surface area contributed by atoms with Crippen LogP contribution in [0.2, 0.25) is 10.0 Å². The van der Waals surface area contributed by atoms with Gasteiger partial charge in [-0.1, -0.05) is 30.1 Å². The highest BCUT2D eigenvalue weighted by Gasteiger charge is 2.17. The first-order valence-corrected chi connectivity index (χ1v) is 8.92. The molecule has 0 unspecified atom stereocenters. The lowest BCUT2D eigenvalue weighted by Gasteiger charge is -2.06. The zero-order valence-corrected chi connectivity index (χ0v) is 16.0. The Hall–Kier alpha value is -2.51. The summed E-state index contributed by atoms with van der Waals surface area (Å²) in [5.41, 5.74) is 0.566. The molecule has 2 aromatic rings. The average molecular weight is 413 g/mol. The molecule has 2 amide bonds. The maximum Gasteiger partial charge on any atom is 0.374 e. The van der Waals surface area contributed by atoms with Gasteiger partial charge in [0.25, 0.3) is 5.91 Å². The molecule has 9 heteroatoms. The second-order valence-corrected chi connectivity index (χ2v) is 6.33. The van der Waals surface area contributed by atoms with E-state index < -0.39 is 18.5 Å². The highest BCUT2D eigenvalue weighted by atomic mass is 35.5. The van der Waals surface area contributed by atoms with Crippen molar-refractivity contribution in [3.05, 3.63) is 46.1 Å². The van der Waals surface area contributed by atoms with Crippen molar-refractivity contribution < 1.29 is 23.5 Å². The molecule has 0 atom stereocenters. The Bertz CT molecular complexity index is 835. The van der Waals surface area contributed by atoms with E-state index in [4.69, 9.17) is 32.4 Å². The first kappa shape index (κ1) is 20.8. The lowest BCUT2D eigenvalue weighted by Crippen LogP contribution is -2.38. The third kappa shape index (κ3) is 6.30. The zero-order valence-electron chi connectivity index (χ0n) is 14.5. The number of carbonyl (C=O) groups excluding carboxylic acids is 3. The summed E-state index contributed by atoms with van der Waals surface area (Å²) >= 11 is 12.0. The minimum Gasteiger partial charge on any atom is -0.450 e. The molecule has 7 nitrogen and oxygen atoms in total. The van der Waals surface area contributed by atoms with Crippen LogP contribution in [-0.2, 0) is 14.3 Å². The van der Waals surface area contributed by atoms with Gasteiger partial charge in [-0.3, -0.25) is 9.59 Å². The second-order valence-electron chi connectivity index (χ2n) is 5.49. The maximum atomic E-state index is 12.0. The Kier molecular flexibility index (Phi) is 7.69. The molecule has 2 N–H and O–H groups in total. The number of halogens is 2. The van der Waals surface area contributed by atoms with Gasteiger partial charge in [-0.2, -0.15) is 0 Å². The molecule has 0 radical (unpaired) electrons. The second kappa shape index (κ2) is 9.99. The van der Waals surface area contributed by atoms with Crippen molar-refractivity contribution in [1.29, 1.82) is 0 Å². The molecule has 0 fully saturated rings. The Balaban J connectivity index is 1.85. The van der Waals surface area contributed by atoms with Crippen molar-refractivity contribution in [3.8, 4) is 11.3 Å². The summed E-state index contributed by atoms with van der Waals surface area (Å²) in [6.07, 6.45) is 0.795. The van der Waals surface area contributed by atoms with Crippen LogP contribution in [0.1, 0.15) is 23.9 Å². The van der Waals surface area contributed by atoms with Crippen molar-refractivity contribution in [3.63, 3.8) is 0 Å². The molecular formula is C18H18Cl2N2O5. The van der Waals surface area contributed by atoms with Gasteiger partial charge in [0.1, 0.15) is 5.76 Å². The lowest BCUT2D eigenvalue weighted by atomic mass is 10.2. The van der Waals surface area contributed by atoms with Crippen LogP contribution < -0.4 is 10.6 Å². The molecule has 27 heavy (non-hydrogen) atoms. The molecule has 1 aromatic heterocycles. The summed E-state index contributed by atoms with van der Waals surface area (Å²) in [4.78, 5) is 35.0. The zero-order chi connectivity index (χ0) is 19.8. The molecule has 0 aliphatic carbocycles. The van der Waals surface area contributed by atoms with Gasteiger partial charge < -0.3 is 19.8 Å². The number of amides is 2. The quantitative estimate of drug-likeness (QED) is 0.649. The normalized spacial score (nSPS) is 10.3. The third-order valence-electron chi connectivity index (χ3n) is 3.36. The Morgan fingerprint density at radius 3 is 2.56 bits per heavy atom. The van der Waals surface area contributed by atoms with Crippen LogP contribution in [0, 0.1) is 0 Å². The minimum atomic E-state index is -0.808. The van der Waals surface area contributed by atoms with Gasteiger partial charge in [-0.25, -0.2) is 4.79 Å². The summed E-state index contributed by atoms with van der Waals surface area (Å²) in [5.74, 6) is -1.43. The van der Waals surface area contributed by atoms with Crippen molar-refractivity contribution >= 4 is 41.0 Å². The van der Waals surface area contributed by atoms with E-state index in [1.165, 1.54) is 6.07 Å². The van der Waals surface area contributed by atoms with E-state index in [9.17, 15) is 14.4 Å². The largest absolute Gasteiger partial charge is 0.450 e. The number of rotatable bonds is 8. The average Bonchev–Trinajstić information content (AvgIpc) is 3.12. The molecule has 0 aliphatic rings. The van der Waals surface area contributed by atoms with Gasteiger partial charge in [0, 0.05) is 17.1 Å². The number of benzene rings is 1. The van der Waals surface area contributed by atoms with Crippen LogP contribution in [0.25, 0.3) is 11.3 Å². The number of esters is 1. The lowest BCUT2D eigenvalue weighted by molar-refractivity contribution is -0.127. The van der Waals surface area contributed by atoms with E-state index in [0.29, 0.717) is 27.9 Å². The van der Waals surface area contributed by atoms with Gasteiger partial charge >= 0.3 is 5.97 Å². The van der Waals surface area contributed by atoms with E-state index in [0.717, 1.165) is 6.42 Å². The van der Waals surface area contributed by atoms with Crippen LogP contribution in [0.3, 0.4) is 0 Å². The number of hydrogen-bond acceptors (Lipinski definition) is 5. The van der Waals surface area contributed by atoms with Crippen LogP contribution in [0.5, 0.6) is 0 Å². The van der Waals surface area contributed by atoms with Gasteiger partial charge in [-0.15, -0.1) is 0 Å². The Morgan fingerprint density at radius 2 is 1.85 bits per heavy atom. The van der Waals surface area contributed by atoms with Crippen LogP contribution in [-0.4, -0.2) is 37.5 Å². The first-order valence-electron chi connectivity index (χ1n) is 8.16. The topological polar surface area (TPSA) is 97.6 Å². The number of furan rings is 1. The summed E-state index contributed by atoms with van der Waals surface area (Å²) in [5, 5.41) is 5.81. The predicted molar refractivity (Wildman–Crippen MR) is 101 cm³/mol. The van der Waals surface area contributed by atoms with Crippen LogP contribution in [0.4, 0.5) is 0 Å². The van der Waals surface area contributed by atoms with Crippen molar-refractivity contribution in [1.82, 2.24) is 10.6 Å². The molecular weight excluding hydrogens is 395 g/mol. The van der Waals surface area contributed by atoms with E-state index in [2.05, 4.69) is 10.6 Å². The highest BCUT2D eigenvalue weighted by molar-refractivity contribution is 6.36. The predicted octanol–water partition coefficient (Wildman–Crippen LogP) is 3.05. The number of nitrogens with one attached hydrogen (secondary N) is 2. The smallest absolute Gasteiger partial charge is 0.374 e. The summed E-state index contributed by atoms with van der Waals surface area (Å²) in [6.45, 7) is 1.73. The van der Waals surface area contributed by atoms with E-state index >= 15 is 0 Å². The molecule has 2 rings (SSSR count). The van der Waals surface area contributed by atoms with Crippen molar-refractivity contribution in [2.24, 2.45) is 0 Å². The SMILES string of the molecule is CCCNC(=O)CNC(=O)COC(=O)c1ccc(-c2ccc(Cl)cc2Cl)o1. The fourth-order valence-electron chi connectivity index (χ4n) is 2.04. The van der Waals surface area contributed by atoms with E-state index in [-0.39, 0.29) is 18.2 Å². The minimum absolute atomic E-state index is 0.0792. The summed E-state index contributed by atoms with van der Waals surface area (Å²) in [7, 11) is 0. The van der Waals surface area contributed by atoms with Crippen molar-refractivity contribution in [2.45, 2.75) is 13.3 Å². The fourth-order valence-corrected chi connectivity index (χ4v) is 2.54. The third-order valence-corrected chi connectivity index (χ3v) is 3.90. The summed E-state index contributed by atoms with van der Waals surface area (Å²) < 4.78 is 10.3. The van der Waals surface area contributed by atoms with Gasteiger partial charge in [-0.05, 0) is 36.8 Å². The van der Waals surface area contributed by atoms with E-state index in [1.807, 2.05) is 6.92 Å². The molecule has 0 saturated carbocycles. The fraction of sp³-hybridized carbons (Fsp3) is 0.278. The summed E-state index contributed by atoms with van der Waals surface area (Å²) in [6, 6.07) is 7.84. The standard InChI is InChI=1S/C18H18Cl2N2O5/c1-2-7-21-16(23)9-22-17(24)10-26-18(25)15-6-5-14(27-15)12-4-3-11(19)8-13(12)20/h3-6,8H,2,7,9-10H2,1H3,(H,21,23)(H,22,24). The van der Waals surface area contributed by atoms with Crippen LogP contribution >= 0.6 is 23.2 Å².